The van der Waals surface area contributed by atoms with Crippen molar-refractivity contribution in [2.75, 3.05) is 40.4 Å². The molecule has 0 aliphatic carbocycles. The molecule has 0 bridgehead atoms. The van der Waals surface area contributed by atoms with Gasteiger partial charge in [0.05, 0.1) is 0 Å². The van der Waals surface area contributed by atoms with Crippen LogP contribution in [0.1, 0.15) is 19.8 Å². The zero-order valence-corrected chi connectivity index (χ0v) is 14.4. The summed E-state index contributed by atoms with van der Waals surface area (Å²) < 4.78 is 11.3. The molecule has 1 atom stereocenters. The van der Waals surface area contributed by atoms with Gasteiger partial charge in [0.2, 0.25) is 0 Å². The molecule has 1 heterocycles. The molecule has 1 aromatic carbocycles. The summed E-state index contributed by atoms with van der Waals surface area (Å²) in [5.41, 5.74) is 0. The van der Waals surface area contributed by atoms with Crippen molar-refractivity contribution in [2.24, 2.45) is 0 Å². The van der Waals surface area contributed by atoms with Crippen LogP contribution in [0.4, 0.5) is 0 Å². The zero-order valence-electron chi connectivity index (χ0n) is 14.4. The van der Waals surface area contributed by atoms with Crippen LogP contribution < -0.4 is 4.74 Å². The second kappa shape index (κ2) is 8.89. The lowest BCUT2D eigenvalue weighted by Crippen LogP contribution is -2.50. The Balaban J connectivity index is 2.01. The van der Waals surface area contributed by atoms with E-state index >= 15 is 0 Å². The van der Waals surface area contributed by atoms with E-state index in [0.29, 0.717) is 0 Å². The molecule has 1 aromatic rings. The van der Waals surface area contributed by atoms with Crippen molar-refractivity contribution in [3.05, 3.63) is 30.3 Å². The minimum absolute atomic E-state index is 0.0580. The van der Waals surface area contributed by atoms with E-state index in [2.05, 4.69) is 4.90 Å². The maximum absolute atomic E-state index is 12.9. The second-order valence-corrected chi connectivity index (χ2v) is 6.25. The topological polar surface area (TPSA) is 42.0 Å². The summed E-state index contributed by atoms with van der Waals surface area (Å²) in [5.74, 6) is 0.787. The molecule has 5 nitrogen and oxygen atoms in total. The van der Waals surface area contributed by atoms with Gasteiger partial charge in [0.1, 0.15) is 5.75 Å². The molecular weight excluding hydrogens is 292 g/mol. The molecule has 0 saturated carbocycles. The molecule has 128 valence electrons. The van der Waals surface area contributed by atoms with Gasteiger partial charge in [0.25, 0.3) is 5.91 Å². The summed E-state index contributed by atoms with van der Waals surface area (Å²) in [6.45, 7) is 4.85. The minimum atomic E-state index is -0.484. The standard InChI is InChI=1S/C18H28N2O3/c1-15(23-17-7-5-4-6-8-17)18(21)20(12-11-19(2)3)16-9-13-22-14-10-16/h4-8,15-16H,9-14H2,1-3H3. The molecule has 1 saturated heterocycles. The van der Waals surface area contributed by atoms with E-state index in [-0.39, 0.29) is 11.9 Å². The van der Waals surface area contributed by atoms with Crippen molar-refractivity contribution in [1.82, 2.24) is 9.80 Å². The van der Waals surface area contributed by atoms with Crippen molar-refractivity contribution in [2.45, 2.75) is 31.9 Å². The van der Waals surface area contributed by atoms with Gasteiger partial charge >= 0.3 is 0 Å². The molecule has 23 heavy (non-hydrogen) atoms. The Labute approximate surface area is 139 Å². The summed E-state index contributed by atoms with van der Waals surface area (Å²) in [6.07, 6.45) is 1.32. The SMILES string of the molecule is CC(Oc1ccccc1)C(=O)N(CCN(C)C)C1CCOCC1. The molecule has 1 aliphatic heterocycles. The highest BCUT2D eigenvalue weighted by molar-refractivity contribution is 5.81. The van der Waals surface area contributed by atoms with Crippen LogP contribution >= 0.6 is 0 Å². The molecule has 0 aromatic heterocycles. The first-order valence-electron chi connectivity index (χ1n) is 8.32. The molecule has 5 heteroatoms. The summed E-state index contributed by atoms with van der Waals surface area (Å²) >= 11 is 0. The highest BCUT2D eigenvalue weighted by atomic mass is 16.5. The predicted octanol–water partition coefficient (Wildman–Crippen LogP) is 2.02. The fourth-order valence-corrected chi connectivity index (χ4v) is 2.76. The smallest absolute Gasteiger partial charge is 0.263 e. The Morgan fingerprint density at radius 1 is 1.22 bits per heavy atom. The predicted molar refractivity (Wildman–Crippen MR) is 90.6 cm³/mol. The number of hydrogen-bond donors (Lipinski definition) is 0. The molecule has 1 unspecified atom stereocenters. The summed E-state index contributed by atoms with van der Waals surface area (Å²) in [5, 5.41) is 0. The average molecular weight is 320 g/mol. The second-order valence-electron chi connectivity index (χ2n) is 6.25. The number of rotatable bonds is 7. The van der Waals surface area contributed by atoms with Crippen LogP contribution in [0.15, 0.2) is 30.3 Å². The first kappa shape index (κ1) is 17.8. The fraction of sp³-hybridized carbons (Fsp3) is 0.611. The Morgan fingerprint density at radius 2 is 1.87 bits per heavy atom. The van der Waals surface area contributed by atoms with Crippen LogP contribution in [0, 0.1) is 0 Å². The minimum Gasteiger partial charge on any atom is -0.481 e. The van der Waals surface area contributed by atoms with E-state index in [9.17, 15) is 4.79 Å². The number of likely N-dealkylation sites (N-methyl/N-ethyl adjacent to an activating group) is 1. The summed E-state index contributed by atoms with van der Waals surface area (Å²) in [6, 6.07) is 9.76. The highest BCUT2D eigenvalue weighted by Gasteiger charge is 2.29. The molecule has 1 aliphatic rings. The number of benzene rings is 1. The van der Waals surface area contributed by atoms with Gasteiger partial charge in [-0.05, 0) is 46.0 Å². The molecule has 0 radical (unpaired) electrons. The Kier molecular flexibility index (Phi) is 6.86. The van der Waals surface area contributed by atoms with E-state index < -0.39 is 6.10 Å². The van der Waals surface area contributed by atoms with Gasteiger partial charge in [-0.25, -0.2) is 0 Å². The first-order chi connectivity index (χ1) is 11.1. The number of amides is 1. The van der Waals surface area contributed by atoms with Crippen LogP contribution in [-0.4, -0.2) is 68.3 Å². The average Bonchev–Trinajstić information content (AvgIpc) is 2.56. The molecule has 0 spiro atoms. The van der Waals surface area contributed by atoms with Gasteiger partial charge < -0.3 is 19.3 Å². The van der Waals surface area contributed by atoms with E-state index in [0.717, 1.165) is 44.9 Å². The molecule has 2 rings (SSSR count). The normalized spacial score (nSPS) is 17.0. The highest BCUT2D eigenvalue weighted by Crippen LogP contribution is 2.18. The van der Waals surface area contributed by atoms with E-state index in [1.54, 1.807) is 0 Å². The fourth-order valence-electron chi connectivity index (χ4n) is 2.76. The van der Waals surface area contributed by atoms with Crippen LogP contribution in [0.3, 0.4) is 0 Å². The third-order valence-corrected chi connectivity index (χ3v) is 4.11. The Morgan fingerprint density at radius 3 is 2.48 bits per heavy atom. The molecule has 1 amide bonds. The van der Waals surface area contributed by atoms with E-state index in [1.165, 1.54) is 0 Å². The lowest BCUT2D eigenvalue weighted by atomic mass is 10.1. The largest absolute Gasteiger partial charge is 0.481 e. The van der Waals surface area contributed by atoms with Crippen LogP contribution in [0.5, 0.6) is 5.75 Å². The number of carbonyl (C=O) groups excluding carboxylic acids is 1. The Hall–Kier alpha value is -1.59. The van der Waals surface area contributed by atoms with Gasteiger partial charge in [0, 0.05) is 32.3 Å². The van der Waals surface area contributed by atoms with Crippen molar-refractivity contribution < 1.29 is 14.3 Å². The Bertz CT molecular complexity index is 472. The number of carbonyl (C=O) groups is 1. The molecule has 0 N–H and O–H groups in total. The van der Waals surface area contributed by atoms with Crippen LogP contribution in [-0.2, 0) is 9.53 Å². The maximum Gasteiger partial charge on any atom is 0.263 e. The summed E-state index contributed by atoms with van der Waals surface area (Å²) in [7, 11) is 4.05. The number of ether oxygens (including phenoxy) is 2. The number of nitrogens with zero attached hydrogens (tertiary/aromatic N) is 2. The zero-order chi connectivity index (χ0) is 16.7. The van der Waals surface area contributed by atoms with Gasteiger partial charge in [-0.15, -0.1) is 0 Å². The monoisotopic (exact) mass is 320 g/mol. The van der Waals surface area contributed by atoms with E-state index in [4.69, 9.17) is 9.47 Å². The quantitative estimate of drug-likeness (QED) is 0.771. The van der Waals surface area contributed by atoms with Crippen molar-refractivity contribution >= 4 is 5.91 Å². The summed E-state index contributed by atoms with van der Waals surface area (Å²) in [4.78, 5) is 17.0. The van der Waals surface area contributed by atoms with Crippen LogP contribution in [0.25, 0.3) is 0 Å². The lowest BCUT2D eigenvalue weighted by molar-refractivity contribution is -0.142. The maximum atomic E-state index is 12.9. The first-order valence-corrected chi connectivity index (χ1v) is 8.32. The van der Waals surface area contributed by atoms with E-state index in [1.807, 2.05) is 56.3 Å². The third kappa shape index (κ3) is 5.52. The van der Waals surface area contributed by atoms with Gasteiger partial charge in [-0.3, -0.25) is 4.79 Å². The number of hydrogen-bond acceptors (Lipinski definition) is 4. The molecule has 1 fully saturated rings. The third-order valence-electron chi connectivity index (χ3n) is 4.11. The van der Waals surface area contributed by atoms with Crippen molar-refractivity contribution in [1.29, 1.82) is 0 Å². The van der Waals surface area contributed by atoms with Crippen molar-refractivity contribution in [3.63, 3.8) is 0 Å². The number of para-hydroxylation sites is 1. The van der Waals surface area contributed by atoms with Crippen LogP contribution in [0.2, 0.25) is 0 Å². The lowest BCUT2D eigenvalue weighted by Gasteiger charge is -2.36. The van der Waals surface area contributed by atoms with Gasteiger partial charge in [-0.1, -0.05) is 18.2 Å². The van der Waals surface area contributed by atoms with Gasteiger partial charge in [-0.2, -0.15) is 0 Å². The van der Waals surface area contributed by atoms with Gasteiger partial charge in [0.15, 0.2) is 6.10 Å². The molecular formula is C18H28N2O3. The van der Waals surface area contributed by atoms with Crippen molar-refractivity contribution in [3.8, 4) is 5.75 Å².